The van der Waals surface area contributed by atoms with Crippen LogP contribution in [0.5, 0.6) is 11.6 Å². The van der Waals surface area contributed by atoms with Crippen LogP contribution in [0.2, 0.25) is 0 Å². The number of benzene rings is 2. The number of carbonyl (C=O) groups excluding carboxylic acids is 1. The number of hydrogen-bond acceptors (Lipinski definition) is 5. The predicted molar refractivity (Wildman–Crippen MR) is 127 cm³/mol. The van der Waals surface area contributed by atoms with Crippen LogP contribution in [0.25, 0.3) is 0 Å². The summed E-state index contributed by atoms with van der Waals surface area (Å²) in [6, 6.07) is 17.9. The Balaban J connectivity index is 1.78. The van der Waals surface area contributed by atoms with Crippen LogP contribution in [-0.4, -0.2) is 28.1 Å². The molecule has 36 heavy (non-hydrogen) atoms. The van der Waals surface area contributed by atoms with E-state index in [0.717, 1.165) is 23.3 Å². The number of rotatable bonds is 8. The van der Waals surface area contributed by atoms with Gasteiger partial charge in [0.05, 0.1) is 17.2 Å². The molecule has 2 N–H and O–H groups in total. The van der Waals surface area contributed by atoms with Crippen LogP contribution in [0.1, 0.15) is 54.9 Å². The van der Waals surface area contributed by atoms with Crippen molar-refractivity contribution in [3.05, 3.63) is 89.1 Å². The third-order valence-corrected chi connectivity index (χ3v) is 5.92. The van der Waals surface area contributed by atoms with Gasteiger partial charge in [-0.15, -0.1) is 0 Å². The standard InChI is InChI=1S/C27H26F3N3O3/c1-17(19-7-10-22(34)11-8-19)23(20-6-4-5-18(13-20)14-31)16-33-25(35)26(2,3)36-24-12-9-21(15-32-24)27(28,29)30/h4-13,15,17,23,34H,16H2,1-3H3,(H,33,35). The molecule has 0 aliphatic carbocycles. The number of nitriles is 1. The van der Waals surface area contributed by atoms with Crippen LogP contribution in [0, 0.1) is 11.3 Å². The molecule has 188 valence electrons. The zero-order valence-electron chi connectivity index (χ0n) is 20.0. The maximum atomic E-state index is 13.0. The van der Waals surface area contributed by atoms with Crippen molar-refractivity contribution >= 4 is 5.91 Å². The molecular weight excluding hydrogens is 471 g/mol. The summed E-state index contributed by atoms with van der Waals surface area (Å²) >= 11 is 0. The maximum Gasteiger partial charge on any atom is 0.417 e. The molecule has 1 heterocycles. The highest BCUT2D eigenvalue weighted by Gasteiger charge is 2.34. The molecule has 0 radical (unpaired) electrons. The number of ether oxygens (including phenoxy) is 1. The van der Waals surface area contributed by atoms with E-state index in [4.69, 9.17) is 4.74 Å². The van der Waals surface area contributed by atoms with Crippen LogP contribution < -0.4 is 10.1 Å². The smallest absolute Gasteiger partial charge is 0.417 e. The first-order valence-corrected chi connectivity index (χ1v) is 11.2. The number of carbonyl (C=O) groups is 1. The maximum absolute atomic E-state index is 13.0. The van der Waals surface area contributed by atoms with Crippen molar-refractivity contribution < 1.29 is 27.8 Å². The highest BCUT2D eigenvalue weighted by molar-refractivity contribution is 5.84. The Morgan fingerprint density at radius 2 is 1.81 bits per heavy atom. The molecule has 2 aromatic carbocycles. The van der Waals surface area contributed by atoms with E-state index in [1.165, 1.54) is 13.8 Å². The second kappa shape index (κ2) is 10.7. The average molecular weight is 498 g/mol. The molecule has 0 bridgehead atoms. The summed E-state index contributed by atoms with van der Waals surface area (Å²) in [5, 5.41) is 21.8. The molecule has 6 nitrogen and oxygen atoms in total. The van der Waals surface area contributed by atoms with Gasteiger partial charge in [0.15, 0.2) is 5.60 Å². The number of nitrogens with one attached hydrogen (secondary N) is 1. The number of hydrogen-bond donors (Lipinski definition) is 2. The Morgan fingerprint density at radius 3 is 2.39 bits per heavy atom. The van der Waals surface area contributed by atoms with E-state index in [9.17, 15) is 28.3 Å². The summed E-state index contributed by atoms with van der Waals surface area (Å²) in [6.45, 7) is 5.17. The number of amides is 1. The number of pyridine rings is 1. The normalized spacial score (nSPS) is 13.4. The minimum Gasteiger partial charge on any atom is -0.508 e. The number of nitrogens with zero attached hydrogens (tertiary/aromatic N) is 2. The van der Waals surface area contributed by atoms with Gasteiger partial charge in [-0.1, -0.05) is 31.2 Å². The molecule has 0 aliphatic rings. The van der Waals surface area contributed by atoms with Crippen LogP contribution >= 0.6 is 0 Å². The Morgan fingerprint density at radius 1 is 1.11 bits per heavy atom. The van der Waals surface area contributed by atoms with E-state index in [2.05, 4.69) is 16.4 Å². The van der Waals surface area contributed by atoms with Gasteiger partial charge in [-0.25, -0.2) is 4.98 Å². The zero-order chi connectivity index (χ0) is 26.5. The highest BCUT2D eigenvalue weighted by atomic mass is 19.4. The topological polar surface area (TPSA) is 95.2 Å². The quantitative estimate of drug-likeness (QED) is 0.426. The van der Waals surface area contributed by atoms with Gasteiger partial charge in [0, 0.05) is 24.7 Å². The molecular formula is C27H26F3N3O3. The summed E-state index contributed by atoms with van der Waals surface area (Å²) < 4.78 is 43.9. The van der Waals surface area contributed by atoms with E-state index >= 15 is 0 Å². The SMILES string of the molecule is CC(c1ccc(O)cc1)C(CNC(=O)C(C)(C)Oc1ccc(C(F)(F)F)cn1)c1cccc(C#N)c1. The van der Waals surface area contributed by atoms with E-state index < -0.39 is 23.2 Å². The van der Waals surface area contributed by atoms with Crippen molar-refractivity contribution in [3.8, 4) is 17.7 Å². The largest absolute Gasteiger partial charge is 0.508 e. The van der Waals surface area contributed by atoms with Gasteiger partial charge in [0.1, 0.15) is 5.75 Å². The number of aromatic nitrogens is 1. The van der Waals surface area contributed by atoms with Crippen LogP contribution in [-0.2, 0) is 11.0 Å². The van der Waals surface area contributed by atoms with Gasteiger partial charge in [0.2, 0.25) is 5.88 Å². The fourth-order valence-electron chi connectivity index (χ4n) is 3.76. The molecule has 2 unspecified atom stereocenters. The molecule has 0 fully saturated rings. The number of phenols is 1. The average Bonchev–Trinajstić information content (AvgIpc) is 2.84. The lowest BCUT2D eigenvalue weighted by Gasteiger charge is -2.29. The van der Waals surface area contributed by atoms with Crippen molar-refractivity contribution in [1.82, 2.24) is 10.3 Å². The van der Waals surface area contributed by atoms with Gasteiger partial charge >= 0.3 is 6.18 Å². The van der Waals surface area contributed by atoms with E-state index in [1.54, 1.807) is 42.5 Å². The Hall–Kier alpha value is -4.06. The van der Waals surface area contributed by atoms with Gasteiger partial charge in [0.25, 0.3) is 5.91 Å². The first-order chi connectivity index (χ1) is 16.9. The van der Waals surface area contributed by atoms with Gasteiger partial charge in [-0.3, -0.25) is 4.79 Å². The lowest BCUT2D eigenvalue weighted by molar-refractivity contribution is -0.138. The van der Waals surface area contributed by atoms with Crippen molar-refractivity contribution in [2.45, 2.75) is 44.4 Å². The van der Waals surface area contributed by atoms with Crippen LogP contribution in [0.4, 0.5) is 13.2 Å². The molecule has 0 aliphatic heterocycles. The third-order valence-electron chi connectivity index (χ3n) is 5.92. The summed E-state index contributed by atoms with van der Waals surface area (Å²) in [6.07, 6.45) is -3.87. The van der Waals surface area contributed by atoms with E-state index in [-0.39, 0.29) is 30.0 Å². The number of halogens is 3. The van der Waals surface area contributed by atoms with Crippen LogP contribution in [0.3, 0.4) is 0 Å². The predicted octanol–water partition coefficient (Wildman–Crippen LogP) is 5.54. The first-order valence-electron chi connectivity index (χ1n) is 11.2. The first kappa shape index (κ1) is 26.5. The van der Waals surface area contributed by atoms with Crippen molar-refractivity contribution in [1.29, 1.82) is 5.26 Å². The molecule has 0 saturated carbocycles. The summed E-state index contributed by atoms with van der Waals surface area (Å²) in [5.74, 6) is -0.785. The third kappa shape index (κ3) is 6.54. The van der Waals surface area contributed by atoms with Crippen molar-refractivity contribution in [2.75, 3.05) is 6.54 Å². The van der Waals surface area contributed by atoms with Crippen molar-refractivity contribution in [3.63, 3.8) is 0 Å². The number of alkyl halides is 3. The summed E-state index contributed by atoms with van der Waals surface area (Å²) in [4.78, 5) is 16.7. The molecule has 9 heteroatoms. The highest BCUT2D eigenvalue weighted by Crippen LogP contribution is 2.34. The Bertz CT molecular complexity index is 1230. The van der Waals surface area contributed by atoms with Crippen molar-refractivity contribution in [2.24, 2.45) is 0 Å². The number of aromatic hydroxyl groups is 1. The van der Waals surface area contributed by atoms with Gasteiger partial charge in [-0.05, 0) is 61.2 Å². The fourth-order valence-corrected chi connectivity index (χ4v) is 3.76. The second-order valence-electron chi connectivity index (χ2n) is 8.93. The molecule has 1 aromatic heterocycles. The second-order valence-corrected chi connectivity index (χ2v) is 8.93. The lowest BCUT2D eigenvalue weighted by Crippen LogP contribution is -2.48. The lowest BCUT2D eigenvalue weighted by atomic mass is 9.82. The van der Waals surface area contributed by atoms with Gasteiger partial charge in [-0.2, -0.15) is 18.4 Å². The molecule has 2 atom stereocenters. The minimum absolute atomic E-state index is 0.0968. The molecule has 0 saturated heterocycles. The minimum atomic E-state index is -4.52. The molecule has 3 rings (SSSR count). The Kier molecular flexibility index (Phi) is 7.88. The number of phenolic OH excluding ortho intramolecular Hbond substituents is 1. The Labute approximate surface area is 207 Å². The summed E-state index contributed by atoms with van der Waals surface area (Å²) in [5.41, 5.74) is -0.0772. The summed E-state index contributed by atoms with van der Waals surface area (Å²) in [7, 11) is 0. The molecule has 3 aromatic rings. The molecule has 0 spiro atoms. The fraction of sp³-hybridized carbons (Fsp3) is 0.296. The van der Waals surface area contributed by atoms with Gasteiger partial charge < -0.3 is 15.2 Å². The van der Waals surface area contributed by atoms with Crippen LogP contribution in [0.15, 0.2) is 66.9 Å². The monoisotopic (exact) mass is 497 g/mol. The van der Waals surface area contributed by atoms with E-state index in [0.29, 0.717) is 11.8 Å². The zero-order valence-corrected chi connectivity index (χ0v) is 20.0. The molecule has 1 amide bonds. The van der Waals surface area contributed by atoms with E-state index in [1.807, 2.05) is 13.0 Å².